The van der Waals surface area contributed by atoms with Crippen molar-refractivity contribution in [3.8, 4) is 0 Å². The summed E-state index contributed by atoms with van der Waals surface area (Å²) >= 11 is 5.86. The fourth-order valence-corrected chi connectivity index (χ4v) is 2.01. The van der Waals surface area contributed by atoms with E-state index in [2.05, 4.69) is 10.6 Å². The molecule has 116 valence electrons. The van der Waals surface area contributed by atoms with Gasteiger partial charge in [0.15, 0.2) is 0 Å². The fourth-order valence-electron chi connectivity index (χ4n) is 1.82. The van der Waals surface area contributed by atoms with Gasteiger partial charge in [-0.2, -0.15) is 0 Å². The van der Waals surface area contributed by atoms with Gasteiger partial charge in [0.1, 0.15) is 0 Å². The maximum Gasteiger partial charge on any atom is 0.238 e. The molecule has 1 aromatic rings. The monoisotopic (exact) mass is 311 g/mol. The summed E-state index contributed by atoms with van der Waals surface area (Å²) < 4.78 is 0. The summed E-state index contributed by atoms with van der Waals surface area (Å²) in [6, 6.07) is 7.06. The van der Waals surface area contributed by atoms with Crippen molar-refractivity contribution in [3.63, 3.8) is 0 Å². The molecule has 0 aromatic heterocycles. The highest BCUT2D eigenvalue weighted by Gasteiger charge is 2.13. The summed E-state index contributed by atoms with van der Waals surface area (Å²) in [5.74, 6) is -0.251. The molecule has 6 heteroatoms. The van der Waals surface area contributed by atoms with Crippen LogP contribution in [0.15, 0.2) is 24.3 Å². The highest BCUT2D eigenvalue weighted by atomic mass is 35.5. The van der Waals surface area contributed by atoms with E-state index in [4.69, 9.17) is 11.6 Å². The molecule has 0 unspecified atom stereocenters. The second-order valence-corrected chi connectivity index (χ2v) is 5.52. The van der Waals surface area contributed by atoms with Gasteiger partial charge in [-0.25, -0.2) is 0 Å². The average Bonchev–Trinajstić information content (AvgIpc) is 2.36. The number of benzene rings is 1. The molecule has 0 aliphatic carbocycles. The van der Waals surface area contributed by atoms with Gasteiger partial charge in [0.2, 0.25) is 11.8 Å². The zero-order chi connectivity index (χ0) is 15.8. The van der Waals surface area contributed by atoms with Gasteiger partial charge in [0, 0.05) is 16.8 Å². The first-order chi connectivity index (χ1) is 9.90. The third kappa shape index (κ3) is 7.11. The van der Waals surface area contributed by atoms with Crippen LogP contribution < -0.4 is 10.6 Å². The lowest BCUT2D eigenvalue weighted by atomic mass is 10.3. The molecular weight excluding hydrogens is 290 g/mol. The number of anilines is 1. The molecule has 0 saturated heterocycles. The molecule has 0 radical (unpaired) electrons. The van der Waals surface area contributed by atoms with Crippen LogP contribution in [0.25, 0.3) is 0 Å². The van der Waals surface area contributed by atoms with Crippen molar-refractivity contribution in [3.05, 3.63) is 29.3 Å². The van der Waals surface area contributed by atoms with Crippen molar-refractivity contribution >= 4 is 29.1 Å². The molecule has 0 spiro atoms. The van der Waals surface area contributed by atoms with Crippen LogP contribution in [0.5, 0.6) is 0 Å². The predicted octanol–water partition coefficient (Wildman–Crippen LogP) is 2.12. The van der Waals surface area contributed by atoms with E-state index in [-0.39, 0.29) is 30.9 Å². The second-order valence-electron chi connectivity index (χ2n) is 5.08. The molecule has 1 rings (SSSR count). The van der Waals surface area contributed by atoms with E-state index in [1.54, 1.807) is 29.2 Å². The largest absolute Gasteiger partial charge is 0.353 e. The number of hydrogen-bond acceptors (Lipinski definition) is 3. The minimum absolute atomic E-state index is 0.0811. The quantitative estimate of drug-likeness (QED) is 0.811. The lowest BCUT2D eigenvalue weighted by molar-refractivity contribution is -0.123. The van der Waals surface area contributed by atoms with E-state index in [9.17, 15) is 9.59 Å². The lowest BCUT2D eigenvalue weighted by Crippen LogP contribution is -2.42. The molecule has 2 N–H and O–H groups in total. The predicted molar refractivity (Wildman–Crippen MR) is 85.5 cm³/mol. The van der Waals surface area contributed by atoms with Gasteiger partial charge in [0.05, 0.1) is 13.1 Å². The number of carbonyl (C=O) groups is 2. The van der Waals surface area contributed by atoms with Crippen LogP contribution in [-0.2, 0) is 9.59 Å². The summed E-state index contributed by atoms with van der Waals surface area (Å²) in [6.45, 7) is 6.70. The minimum atomic E-state index is -0.170. The Morgan fingerprint density at radius 1 is 1.24 bits per heavy atom. The zero-order valence-electron chi connectivity index (χ0n) is 12.6. The number of halogens is 1. The van der Waals surface area contributed by atoms with Gasteiger partial charge in [0.25, 0.3) is 0 Å². The highest BCUT2D eigenvalue weighted by molar-refractivity contribution is 6.30. The van der Waals surface area contributed by atoms with Crippen LogP contribution in [0.3, 0.4) is 0 Å². The maximum absolute atomic E-state index is 12.0. The fraction of sp³-hybridized carbons (Fsp3) is 0.467. The Morgan fingerprint density at radius 2 is 1.90 bits per heavy atom. The Kier molecular flexibility index (Phi) is 7.19. The third-order valence-corrected chi connectivity index (χ3v) is 2.97. The number of carbonyl (C=O) groups excluding carboxylic acids is 2. The van der Waals surface area contributed by atoms with Crippen LogP contribution in [0.1, 0.15) is 20.8 Å². The first-order valence-corrected chi connectivity index (χ1v) is 7.35. The Balaban J connectivity index is 2.49. The smallest absolute Gasteiger partial charge is 0.238 e. The van der Waals surface area contributed by atoms with E-state index >= 15 is 0 Å². The molecule has 1 aromatic carbocycles. The van der Waals surface area contributed by atoms with Crippen molar-refractivity contribution in [1.29, 1.82) is 0 Å². The van der Waals surface area contributed by atoms with E-state index in [0.717, 1.165) is 0 Å². The number of hydrogen-bond donors (Lipinski definition) is 2. The molecule has 0 fully saturated rings. The first kappa shape index (κ1) is 17.5. The van der Waals surface area contributed by atoms with E-state index in [1.165, 1.54) is 0 Å². The van der Waals surface area contributed by atoms with Crippen molar-refractivity contribution in [2.24, 2.45) is 0 Å². The van der Waals surface area contributed by atoms with Gasteiger partial charge in [-0.15, -0.1) is 0 Å². The van der Waals surface area contributed by atoms with Crippen LogP contribution >= 0.6 is 11.6 Å². The molecule has 21 heavy (non-hydrogen) atoms. The molecule has 0 aliphatic heterocycles. The minimum Gasteiger partial charge on any atom is -0.353 e. The molecule has 0 aliphatic rings. The molecule has 0 bridgehead atoms. The summed E-state index contributed by atoms with van der Waals surface area (Å²) in [4.78, 5) is 25.4. The van der Waals surface area contributed by atoms with Crippen molar-refractivity contribution in [1.82, 2.24) is 10.2 Å². The van der Waals surface area contributed by atoms with Gasteiger partial charge >= 0.3 is 0 Å². The summed E-state index contributed by atoms with van der Waals surface area (Å²) in [6.07, 6.45) is 0. The SMILES string of the molecule is CCN(CC(=O)Nc1cccc(Cl)c1)CC(=O)NC(C)C. The Bertz CT molecular complexity index is 492. The van der Waals surface area contributed by atoms with Gasteiger partial charge in [-0.05, 0) is 38.6 Å². The maximum atomic E-state index is 12.0. The number of nitrogens with one attached hydrogen (secondary N) is 2. The summed E-state index contributed by atoms with van der Waals surface area (Å²) in [5.41, 5.74) is 0.648. The molecule has 2 amide bonds. The Labute approximate surface area is 130 Å². The van der Waals surface area contributed by atoms with Crippen molar-refractivity contribution in [2.45, 2.75) is 26.8 Å². The van der Waals surface area contributed by atoms with E-state index < -0.39 is 0 Å². The number of rotatable bonds is 7. The molecular formula is C15H22ClN3O2. The van der Waals surface area contributed by atoms with Crippen LogP contribution in [0, 0.1) is 0 Å². The normalized spacial score (nSPS) is 10.8. The number of nitrogens with zero attached hydrogens (tertiary/aromatic N) is 1. The van der Waals surface area contributed by atoms with Crippen LogP contribution in [-0.4, -0.2) is 42.4 Å². The molecule has 0 saturated carbocycles. The third-order valence-electron chi connectivity index (χ3n) is 2.74. The van der Waals surface area contributed by atoms with Gasteiger partial charge < -0.3 is 10.6 Å². The molecule has 0 atom stereocenters. The molecule has 5 nitrogen and oxygen atoms in total. The molecule has 0 heterocycles. The summed E-state index contributed by atoms with van der Waals surface area (Å²) in [7, 11) is 0. The van der Waals surface area contributed by atoms with E-state index in [1.807, 2.05) is 20.8 Å². The van der Waals surface area contributed by atoms with Gasteiger partial charge in [-0.3, -0.25) is 14.5 Å². The van der Waals surface area contributed by atoms with Crippen LogP contribution in [0.2, 0.25) is 5.02 Å². The lowest BCUT2D eigenvalue weighted by Gasteiger charge is -2.20. The first-order valence-electron chi connectivity index (χ1n) is 6.97. The topological polar surface area (TPSA) is 61.4 Å². The Hall–Kier alpha value is -1.59. The highest BCUT2D eigenvalue weighted by Crippen LogP contribution is 2.14. The standard InChI is InChI=1S/C15H22ClN3O2/c1-4-19(9-14(20)17-11(2)3)10-15(21)18-13-7-5-6-12(16)8-13/h5-8,11H,4,9-10H2,1-3H3,(H,17,20)(H,18,21). The van der Waals surface area contributed by atoms with Crippen molar-refractivity contribution in [2.75, 3.05) is 25.0 Å². The van der Waals surface area contributed by atoms with Crippen LogP contribution in [0.4, 0.5) is 5.69 Å². The number of likely N-dealkylation sites (N-methyl/N-ethyl adjacent to an activating group) is 1. The van der Waals surface area contributed by atoms with Crippen molar-refractivity contribution < 1.29 is 9.59 Å². The Morgan fingerprint density at radius 3 is 2.48 bits per heavy atom. The average molecular weight is 312 g/mol. The van der Waals surface area contributed by atoms with E-state index in [0.29, 0.717) is 17.3 Å². The van der Waals surface area contributed by atoms with Gasteiger partial charge in [-0.1, -0.05) is 24.6 Å². The number of amides is 2. The summed E-state index contributed by atoms with van der Waals surface area (Å²) in [5, 5.41) is 6.14. The second kappa shape index (κ2) is 8.64. The zero-order valence-corrected chi connectivity index (χ0v) is 13.4.